The Balaban J connectivity index is 1.97. The number of benzene rings is 1. The maximum Gasteiger partial charge on any atom is 0.311 e. The third-order valence-corrected chi connectivity index (χ3v) is 3.09. The largest absolute Gasteiger partial charge is 0.481 e. The fourth-order valence-corrected chi connectivity index (χ4v) is 2.16. The lowest BCUT2D eigenvalue weighted by molar-refractivity contribution is -0.142. The molecule has 0 unspecified atom stereocenters. The van der Waals surface area contributed by atoms with E-state index in [1.54, 1.807) is 6.07 Å². The molecule has 0 amide bonds. The Labute approximate surface area is 106 Å². The minimum atomic E-state index is -0.989. The molecule has 0 fully saturated rings. The standard InChI is InChI=1S/C14H16O4/c15-13(16)7-8-14(17)18-12-6-5-10-3-1-2-4-11(10)9-12/h5-6,9H,1-4,7-8H2,(H,15,16). The number of carbonyl (C=O) groups excluding carboxylic acids is 1. The summed E-state index contributed by atoms with van der Waals surface area (Å²) in [7, 11) is 0. The lowest BCUT2D eigenvalue weighted by atomic mass is 9.92. The highest BCUT2D eigenvalue weighted by molar-refractivity contribution is 5.78. The van der Waals surface area contributed by atoms with Gasteiger partial charge in [-0.05, 0) is 48.9 Å². The molecule has 0 radical (unpaired) electrons. The molecular weight excluding hydrogens is 232 g/mol. The van der Waals surface area contributed by atoms with Crippen LogP contribution in [0.4, 0.5) is 0 Å². The van der Waals surface area contributed by atoms with E-state index in [1.165, 1.54) is 24.0 Å². The monoisotopic (exact) mass is 248 g/mol. The fourth-order valence-electron chi connectivity index (χ4n) is 2.16. The van der Waals surface area contributed by atoms with Crippen molar-refractivity contribution in [3.8, 4) is 5.75 Å². The van der Waals surface area contributed by atoms with Crippen LogP contribution in [0.1, 0.15) is 36.8 Å². The third-order valence-electron chi connectivity index (χ3n) is 3.09. The average molecular weight is 248 g/mol. The van der Waals surface area contributed by atoms with Gasteiger partial charge in [-0.15, -0.1) is 0 Å². The summed E-state index contributed by atoms with van der Waals surface area (Å²) in [6.07, 6.45) is 4.21. The van der Waals surface area contributed by atoms with Crippen LogP contribution in [0.25, 0.3) is 0 Å². The van der Waals surface area contributed by atoms with Crippen LogP contribution in [0.5, 0.6) is 5.75 Å². The van der Waals surface area contributed by atoms with Gasteiger partial charge in [-0.1, -0.05) is 6.07 Å². The molecule has 0 saturated carbocycles. The van der Waals surface area contributed by atoms with E-state index in [1.807, 2.05) is 12.1 Å². The molecule has 0 saturated heterocycles. The van der Waals surface area contributed by atoms with E-state index in [0.717, 1.165) is 12.8 Å². The van der Waals surface area contributed by atoms with Gasteiger partial charge in [-0.2, -0.15) is 0 Å². The zero-order valence-corrected chi connectivity index (χ0v) is 10.1. The first-order valence-electron chi connectivity index (χ1n) is 6.19. The Morgan fingerprint density at radius 3 is 2.56 bits per heavy atom. The number of ether oxygens (including phenoxy) is 1. The van der Waals surface area contributed by atoms with Crippen LogP contribution in [0.15, 0.2) is 18.2 Å². The summed E-state index contributed by atoms with van der Waals surface area (Å²) in [5.74, 6) is -0.961. The second kappa shape index (κ2) is 5.67. The highest BCUT2D eigenvalue weighted by Crippen LogP contribution is 2.25. The first-order valence-corrected chi connectivity index (χ1v) is 6.19. The van der Waals surface area contributed by atoms with Crippen LogP contribution in [0.2, 0.25) is 0 Å². The number of fused-ring (bicyclic) bond motifs is 1. The summed E-state index contributed by atoms with van der Waals surface area (Å²) in [4.78, 5) is 21.7. The molecule has 18 heavy (non-hydrogen) atoms. The van der Waals surface area contributed by atoms with Gasteiger partial charge in [0.05, 0.1) is 12.8 Å². The molecule has 4 heteroatoms. The number of aliphatic carboxylic acids is 1. The number of rotatable bonds is 4. The lowest BCUT2D eigenvalue weighted by Crippen LogP contribution is -2.11. The molecule has 4 nitrogen and oxygen atoms in total. The second-order valence-corrected chi connectivity index (χ2v) is 4.51. The van der Waals surface area contributed by atoms with E-state index in [9.17, 15) is 9.59 Å². The van der Waals surface area contributed by atoms with Gasteiger partial charge in [-0.25, -0.2) is 0 Å². The minimum Gasteiger partial charge on any atom is -0.481 e. The first kappa shape index (κ1) is 12.6. The van der Waals surface area contributed by atoms with Crippen molar-refractivity contribution in [2.24, 2.45) is 0 Å². The molecule has 0 bridgehead atoms. The summed E-state index contributed by atoms with van der Waals surface area (Å²) in [5.41, 5.74) is 2.57. The number of hydrogen-bond donors (Lipinski definition) is 1. The summed E-state index contributed by atoms with van der Waals surface area (Å²) in [5, 5.41) is 8.48. The molecule has 0 atom stereocenters. The number of carboxylic acid groups (broad SMARTS) is 1. The first-order chi connectivity index (χ1) is 8.65. The van der Waals surface area contributed by atoms with Crippen molar-refractivity contribution in [2.45, 2.75) is 38.5 Å². The van der Waals surface area contributed by atoms with Crippen LogP contribution in [-0.2, 0) is 22.4 Å². The van der Waals surface area contributed by atoms with E-state index in [0.29, 0.717) is 5.75 Å². The van der Waals surface area contributed by atoms with Gasteiger partial charge < -0.3 is 9.84 Å². The molecule has 0 spiro atoms. The molecule has 0 aromatic heterocycles. The fraction of sp³-hybridized carbons (Fsp3) is 0.429. The van der Waals surface area contributed by atoms with E-state index in [4.69, 9.17) is 9.84 Å². The number of esters is 1. The Morgan fingerprint density at radius 1 is 1.11 bits per heavy atom. The van der Waals surface area contributed by atoms with Crippen molar-refractivity contribution in [3.05, 3.63) is 29.3 Å². The molecule has 0 aliphatic heterocycles. The van der Waals surface area contributed by atoms with E-state index < -0.39 is 11.9 Å². The molecule has 1 aromatic carbocycles. The van der Waals surface area contributed by atoms with Crippen LogP contribution < -0.4 is 4.74 Å². The van der Waals surface area contributed by atoms with E-state index >= 15 is 0 Å². The predicted octanol–water partition coefficient (Wildman–Crippen LogP) is 2.34. The molecule has 1 aliphatic rings. The highest BCUT2D eigenvalue weighted by atomic mass is 16.5. The molecule has 1 aromatic rings. The lowest BCUT2D eigenvalue weighted by Gasteiger charge is -2.16. The van der Waals surface area contributed by atoms with E-state index in [-0.39, 0.29) is 12.8 Å². The Kier molecular flexibility index (Phi) is 3.97. The maximum atomic E-state index is 11.4. The van der Waals surface area contributed by atoms with Crippen molar-refractivity contribution in [2.75, 3.05) is 0 Å². The Morgan fingerprint density at radius 2 is 1.83 bits per heavy atom. The zero-order valence-electron chi connectivity index (χ0n) is 10.1. The zero-order chi connectivity index (χ0) is 13.0. The molecule has 1 aliphatic carbocycles. The minimum absolute atomic E-state index is 0.0909. The molecule has 96 valence electrons. The Bertz CT molecular complexity index is 465. The van der Waals surface area contributed by atoms with Crippen molar-refractivity contribution in [1.29, 1.82) is 0 Å². The number of carboxylic acids is 1. The number of aryl methyl sites for hydroxylation is 2. The molecule has 1 N–H and O–H groups in total. The van der Waals surface area contributed by atoms with Gasteiger partial charge in [0.2, 0.25) is 0 Å². The topological polar surface area (TPSA) is 63.6 Å². The highest BCUT2D eigenvalue weighted by Gasteiger charge is 2.12. The van der Waals surface area contributed by atoms with Crippen LogP contribution in [-0.4, -0.2) is 17.0 Å². The van der Waals surface area contributed by atoms with Crippen molar-refractivity contribution >= 4 is 11.9 Å². The summed E-state index contributed by atoms with van der Waals surface area (Å²) in [6, 6.07) is 5.67. The average Bonchev–Trinajstić information content (AvgIpc) is 2.36. The second-order valence-electron chi connectivity index (χ2n) is 4.51. The molecular formula is C14H16O4. The van der Waals surface area contributed by atoms with Gasteiger partial charge in [0.25, 0.3) is 0 Å². The Hall–Kier alpha value is -1.84. The quantitative estimate of drug-likeness (QED) is 0.656. The smallest absolute Gasteiger partial charge is 0.311 e. The van der Waals surface area contributed by atoms with Crippen molar-refractivity contribution < 1.29 is 19.4 Å². The maximum absolute atomic E-state index is 11.4. The molecule has 0 heterocycles. The van der Waals surface area contributed by atoms with Gasteiger partial charge in [0, 0.05) is 0 Å². The van der Waals surface area contributed by atoms with Crippen LogP contribution >= 0.6 is 0 Å². The van der Waals surface area contributed by atoms with Gasteiger partial charge in [-0.3, -0.25) is 9.59 Å². The molecule has 2 rings (SSSR count). The third kappa shape index (κ3) is 3.32. The van der Waals surface area contributed by atoms with E-state index in [2.05, 4.69) is 0 Å². The number of carbonyl (C=O) groups is 2. The normalized spacial score (nSPS) is 13.8. The van der Waals surface area contributed by atoms with Gasteiger partial charge >= 0.3 is 11.9 Å². The summed E-state index contributed by atoms with van der Waals surface area (Å²) in [6.45, 7) is 0. The summed E-state index contributed by atoms with van der Waals surface area (Å²) >= 11 is 0. The van der Waals surface area contributed by atoms with Gasteiger partial charge in [0.1, 0.15) is 5.75 Å². The van der Waals surface area contributed by atoms with Crippen molar-refractivity contribution in [1.82, 2.24) is 0 Å². The van der Waals surface area contributed by atoms with Crippen molar-refractivity contribution in [3.63, 3.8) is 0 Å². The number of hydrogen-bond acceptors (Lipinski definition) is 3. The SMILES string of the molecule is O=C(O)CCC(=O)Oc1ccc2c(c1)CCCC2. The van der Waals surface area contributed by atoms with Gasteiger partial charge in [0.15, 0.2) is 0 Å². The van der Waals surface area contributed by atoms with Crippen LogP contribution in [0, 0.1) is 0 Å². The summed E-state index contributed by atoms with van der Waals surface area (Å²) < 4.78 is 5.13. The van der Waals surface area contributed by atoms with Crippen LogP contribution in [0.3, 0.4) is 0 Å². The predicted molar refractivity (Wildman–Crippen MR) is 65.6 cm³/mol.